The zero-order chi connectivity index (χ0) is 36.4. The summed E-state index contributed by atoms with van der Waals surface area (Å²) in [6.45, 7) is 17.5. The molecular weight excluding hydrogens is 628 g/mol. The largest absolute Gasteiger partial charge is 0.508 e. The highest BCUT2D eigenvalue weighted by Gasteiger charge is 2.51. The predicted molar refractivity (Wildman–Crippen MR) is 195 cm³/mol. The highest BCUT2D eigenvalue weighted by Crippen LogP contribution is 2.40. The number of hydrogen-bond donors (Lipinski definition) is 1. The van der Waals surface area contributed by atoms with Crippen LogP contribution in [0.1, 0.15) is 75.8 Å². The lowest BCUT2D eigenvalue weighted by Gasteiger charge is -2.55. The van der Waals surface area contributed by atoms with Crippen molar-refractivity contribution in [2.45, 2.75) is 90.4 Å². The van der Waals surface area contributed by atoms with E-state index < -0.39 is 12.2 Å². The SMILES string of the molecule is C=CCN1CC(=O)N2[C@@H](Cc3ccc(O)cc3)C(=O)N(Cc3cc(C(C)(C)C)cc(C(C)(C)C)c3OC)C[C@@H]2N1C(=O)CCc1ccccc1. The summed E-state index contributed by atoms with van der Waals surface area (Å²) < 4.78 is 6.08. The number of piperazine rings is 1. The van der Waals surface area contributed by atoms with Crippen LogP contribution in [-0.2, 0) is 44.6 Å². The topological polar surface area (TPSA) is 93.6 Å². The van der Waals surface area contributed by atoms with Gasteiger partial charge in [-0.3, -0.25) is 14.4 Å². The minimum atomic E-state index is -0.861. The Morgan fingerprint density at radius 2 is 1.64 bits per heavy atom. The lowest BCUT2D eigenvalue weighted by atomic mass is 9.78. The van der Waals surface area contributed by atoms with Crippen LogP contribution in [0.2, 0.25) is 0 Å². The first kappa shape index (κ1) is 36.6. The number of aryl methyl sites for hydroxylation is 1. The van der Waals surface area contributed by atoms with E-state index >= 15 is 0 Å². The van der Waals surface area contributed by atoms with E-state index in [-0.39, 0.29) is 66.8 Å². The van der Waals surface area contributed by atoms with Crippen molar-refractivity contribution in [2.75, 3.05) is 26.7 Å². The molecule has 0 aliphatic carbocycles. The van der Waals surface area contributed by atoms with Gasteiger partial charge in [0.2, 0.25) is 17.7 Å². The van der Waals surface area contributed by atoms with Crippen LogP contribution in [0.5, 0.6) is 11.5 Å². The Labute approximate surface area is 297 Å². The summed E-state index contributed by atoms with van der Waals surface area (Å²) in [6.07, 6.45) is 1.99. The molecule has 3 aromatic rings. The van der Waals surface area contributed by atoms with Crippen molar-refractivity contribution < 1.29 is 24.2 Å². The number of aromatic hydroxyl groups is 1. The fourth-order valence-corrected chi connectivity index (χ4v) is 7.01. The van der Waals surface area contributed by atoms with Gasteiger partial charge in [-0.05, 0) is 52.1 Å². The van der Waals surface area contributed by atoms with Gasteiger partial charge in [-0.25, -0.2) is 10.0 Å². The van der Waals surface area contributed by atoms with E-state index in [1.165, 1.54) is 0 Å². The molecule has 2 saturated heterocycles. The van der Waals surface area contributed by atoms with Gasteiger partial charge in [0.05, 0.1) is 20.2 Å². The van der Waals surface area contributed by atoms with Gasteiger partial charge in [0.25, 0.3) is 0 Å². The Kier molecular flexibility index (Phi) is 10.8. The van der Waals surface area contributed by atoms with Gasteiger partial charge in [-0.1, -0.05) is 96.1 Å². The van der Waals surface area contributed by atoms with E-state index in [1.807, 2.05) is 30.3 Å². The second-order valence-corrected chi connectivity index (χ2v) is 15.5. The fraction of sp³-hybridized carbons (Fsp3) is 0.439. The zero-order valence-corrected chi connectivity index (χ0v) is 30.6. The highest BCUT2D eigenvalue weighted by atomic mass is 16.5. The second-order valence-electron chi connectivity index (χ2n) is 15.5. The molecule has 0 radical (unpaired) electrons. The maximum absolute atomic E-state index is 14.7. The molecule has 3 aromatic carbocycles. The number of rotatable bonds is 10. The van der Waals surface area contributed by atoms with E-state index in [4.69, 9.17) is 4.74 Å². The summed E-state index contributed by atoms with van der Waals surface area (Å²) in [6, 6.07) is 20.0. The Hall–Kier alpha value is -4.63. The molecule has 50 heavy (non-hydrogen) atoms. The molecule has 2 aliphatic rings. The van der Waals surface area contributed by atoms with E-state index in [2.05, 4.69) is 60.3 Å². The maximum atomic E-state index is 14.7. The highest BCUT2D eigenvalue weighted by molar-refractivity contribution is 5.92. The minimum absolute atomic E-state index is 0.0463. The molecular formula is C41H52N4O5. The number of ether oxygens (including phenoxy) is 1. The van der Waals surface area contributed by atoms with Crippen LogP contribution in [0.3, 0.4) is 0 Å². The van der Waals surface area contributed by atoms with Gasteiger partial charge >= 0.3 is 0 Å². The van der Waals surface area contributed by atoms with Gasteiger partial charge in [0, 0.05) is 37.1 Å². The van der Waals surface area contributed by atoms with E-state index in [1.54, 1.807) is 57.3 Å². The van der Waals surface area contributed by atoms with Crippen LogP contribution < -0.4 is 4.74 Å². The van der Waals surface area contributed by atoms with Gasteiger partial charge in [0.15, 0.2) is 0 Å². The third-order valence-electron chi connectivity index (χ3n) is 9.67. The number of hydrazine groups is 1. The first-order valence-electron chi connectivity index (χ1n) is 17.4. The quantitative estimate of drug-likeness (QED) is 0.265. The molecule has 2 atom stereocenters. The molecule has 266 valence electrons. The summed E-state index contributed by atoms with van der Waals surface area (Å²) in [4.78, 5) is 46.3. The van der Waals surface area contributed by atoms with Crippen molar-refractivity contribution in [2.24, 2.45) is 0 Å². The lowest BCUT2D eigenvalue weighted by Crippen LogP contribution is -2.75. The number of nitrogens with zero attached hydrogens (tertiary/aromatic N) is 4. The monoisotopic (exact) mass is 680 g/mol. The van der Waals surface area contributed by atoms with Crippen LogP contribution in [0.4, 0.5) is 0 Å². The third kappa shape index (κ3) is 7.88. The molecule has 9 heteroatoms. The molecule has 2 aliphatic heterocycles. The molecule has 0 saturated carbocycles. The summed E-state index contributed by atoms with van der Waals surface area (Å²) in [7, 11) is 1.67. The van der Waals surface area contributed by atoms with Crippen molar-refractivity contribution in [1.29, 1.82) is 0 Å². The molecule has 2 fully saturated rings. The molecule has 0 aromatic heterocycles. The summed E-state index contributed by atoms with van der Waals surface area (Å²) in [5.74, 6) is 0.311. The Bertz CT molecular complexity index is 1710. The Balaban J connectivity index is 1.59. The molecule has 5 rings (SSSR count). The fourth-order valence-electron chi connectivity index (χ4n) is 7.01. The predicted octanol–water partition coefficient (Wildman–Crippen LogP) is 5.98. The summed E-state index contributed by atoms with van der Waals surface area (Å²) >= 11 is 0. The second kappa shape index (κ2) is 14.7. The van der Waals surface area contributed by atoms with Crippen molar-refractivity contribution in [1.82, 2.24) is 19.8 Å². The number of carbonyl (C=O) groups excluding carboxylic acids is 3. The molecule has 0 unspecified atom stereocenters. The van der Waals surface area contributed by atoms with Crippen LogP contribution >= 0.6 is 0 Å². The van der Waals surface area contributed by atoms with Crippen LogP contribution in [0.25, 0.3) is 0 Å². The average Bonchev–Trinajstić information content (AvgIpc) is 3.06. The van der Waals surface area contributed by atoms with E-state index in [0.717, 1.165) is 33.6 Å². The van der Waals surface area contributed by atoms with Gasteiger partial charge in [-0.15, -0.1) is 6.58 Å². The minimum Gasteiger partial charge on any atom is -0.508 e. The number of carbonyl (C=O) groups is 3. The van der Waals surface area contributed by atoms with Gasteiger partial charge < -0.3 is 19.6 Å². The Morgan fingerprint density at radius 3 is 2.24 bits per heavy atom. The number of benzene rings is 3. The molecule has 3 amide bonds. The van der Waals surface area contributed by atoms with Crippen molar-refractivity contribution in [3.05, 3.63) is 107 Å². The van der Waals surface area contributed by atoms with Crippen LogP contribution in [0.15, 0.2) is 79.4 Å². The zero-order valence-electron chi connectivity index (χ0n) is 30.6. The van der Waals surface area contributed by atoms with Crippen molar-refractivity contribution >= 4 is 17.7 Å². The summed E-state index contributed by atoms with van der Waals surface area (Å²) in [5, 5.41) is 13.4. The standard InChI is InChI=1S/C41H52N4O5/c1-9-21-43-27-37(48)44-34(22-29-15-18-32(46)19-16-29)39(49)42(26-35(44)45(43)36(47)20-17-28-13-11-10-12-14-28)25-30-23-31(40(2,3)4)24-33(38(30)50-8)41(5,6)7/h9-16,18-19,23-24,34-35,46H,1,17,20-22,25-27H2,2-8H3/t34-,35-/m0/s1. The number of methoxy groups -OCH3 is 1. The number of phenols is 1. The maximum Gasteiger partial charge on any atom is 0.246 e. The number of amides is 3. The van der Waals surface area contributed by atoms with Crippen LogP contribution in [0, 0.1) is 0 Å². The number of fused-ring (bicyclic) bond motifs is 1. The molecule has 0 bridgehead atoms. The first-order chi connectivity index (χ1) is 23.6. The molecule has 2 heterocycles. The van der Waals surface area contributed by atoms with Crippen LogP contribution in [-0.4, -0.2) is 81.6 Å². The van der Waals surface area contributed by atoms with E-state index in [0.29, 0.717) is 13.0 Å². The number of phenolic OH excluding ortho intramolecular Hbond substituents is 1. The molecule has 1 N–H and O–H groups in total. The average molecular weight is 681 g/mol. The number of hydrogen-bond acceptors (Lipinski definition) is 6. The lowest BCUT2D eigenvalue weighted by molar-refractivity contribution is -0.205. The smallest absolute Gasteiger partial charge is 0.246 e. The first-order valence-corrected chi connectivity index (χ1v) is 17.4. The Morgan fingerprint density at radius 1 is 0.960 bits per heavy atom. The normalized spacial score (nSPS) is 18.7. The van der Waals surface area contributed by atoms with Crippen molar-refractivity contribution in [3.8, 4) is 11.5 Å². The van der Waals surface area contributed by atoms with Crippen molar-refractivity contribution in [3.63, 3.8) is 0 Å². The van der Waals surface area contributed by atoms with Gasteiger partial charge in [-0.2, -0.15) is 0 Å². The third-order valence-corrected chi connectivity index (χ3v) is 9.67. The van der Waals surface area contributed by atoms with Gasteiger partial charge in [0.1, 0.15) is 23.7 Å². The summed E-state index contributed by atoms with van der Waals surface area (Å²) in [5.41, 5.74) is 4.52. The molecule has 9 nitrogen and oxygen atoms in total. The molecule has 0 spiro atoms. The van der Waals surface area contributed by atoms with E-state index in [9.17, 15) is 19.5 Å².